The third-order valence-corrected chi connectivity index (χ3v) is 8.24. The molecule has 2 bridgehead atoms. The van der Waals surface area contributed by atoms with Gasteiger partial charge < -0.3 is 9.64 Å². The summed E-state index contributed by atoms with van der Waals surface area (Å²) in [5.74, 6) is -0.675. The number of halogens is 3. The summed E-state index contributed by atoms with van der Waals surface area (Å²) in [6.07, 6.45) is -0.734. The number of hydrogen-bond donors (Lipinski definition) is 0. The van der Waals surface area contributed by atoms with E-state index in [4.69, 9.17) is 4.74 Å². The van der Waals surface area contributed by atoms with Crippen LogP contribution in [0.15, 0.2) is 66.9 Å². The van der Waals surface area contributed by atoms with Crippen LogP contribution >= 0.6 is 0 Å². The molecule has 1 aromatic heterocycles. The van der Waals surface area contributed by atoms with Gasteiger partial charge >= 0.3 is 12.3 Å². The lowest BCUT2D eigenvalue weighted by atomic mass is 9.76. The van der Waals surface area contributed by atoms with Gasteiger partial charge in [-0.1, -0.05) is 48.5 Å². The lowest BCUT2D eigenvalue weighted by Gasteiger charge is -2.47. The molecule has 5 nitrogen and oxygen atoms in total. The standard InChI is InChI=1S/C30H27F3N2O3/c31-30(32,33)19-12-13-27(34-16-19)28(36)18-14-20-6-5-7-21(15-18)35(20)29(37)38-17-26-24-10-3-1-8-22(24)23-9-2-4-11-25(23)26/h1-4,8-13,16,18,20-21,26H,5-7,14-15,17H2. The Labute approximate surface area is 218 Å². The van der Waals surface area contributed by atoms with Crippen molar-refractivity contribution in [1.82, 2.24) is 9.88 Å². The van der Waals surface area contributed by atoms with E-state index >= 15 is 0 Å². The predicted molar refractivity (Wildman–Crippen MR) is 135 cm³/mol. The summed E-state index contributed by atoms with van der Waals surface area (Å²) < 4.78 is 44.6. The van der Waals surface area contributed by atoms with Crippen LogP contribution in [-0.4, -0.2) is 40.5 Å². The highest BCUT2D eigenvalue weighted by molar-refractivity contribution is 5.96. The number of fused-ring (bicyclic) bond motifs is 5. The SMILES string of the molecule is O=C(c1ccc(C(F)(F)F)cn1)C1CC2CCCC(C1)N2C(=O)OCC1c2ccccc2-c2ccccc21. The molecule has 1 aliphatic carbocycles. The number of alkyl halides is 3. The van der Waals surface area contributed by atoms with Crippen molar-refractivity contribution in [1.29, 1.82) is 0 Å². The Morgan fingerprint density at radius 1 is 0.895 bits per heavy atom. The fraction of sp³-hybridized carbons (Fsp3) is 0.367. The molecule has 2 aromatic carbocycles. The Hall–Kier alpha value is -3.68. The lowest BCUT2D eigenvalue weighted by Crippen LogP contribution is -2.56. The maximum atomic E-state index is 13.4. The number of nitrogens with zero attached hydrogens (tertiary/aromatic N) is 2. The normalized spacial score (nSPS) is 22.5. The van der Waals surface area contributed by atoms with E-state index in [0.717, 1.165) is 53.6 Å². The molecule has 3 heterocycles. The van der Waals surface area contributed by atoms with Gasteiger partial charge in [0.1, 0.15) is 12.3 Å². The van der Waals surface area contributed by atoms with E-state index in [0.29, 0.717) is 19.0 Å². The Morgan fingerprint density at radius 3 is 2.05 bits per heavy atom. The molecular weight excluding hydrogens is 493 g/mol. The number of carbonyl (C=O) groups excluding carboxylic acids is 2. The van der Waals surface area contributed by atoms with Crippen LogP contribution < -0.4 is 0 Å². The van der Waals surface area contributed by atoms with Crippen LogP contribution in [0.4, 0.5) is 18.0 Å². The van der Waals surface area contributed by atoms with Gasteiger partial charge in [0, 0.05) is 30.1 Å². The van der Waals surface area contributed by atoms with Gasteiger partial charge in [-0.3, -0.25) is 9.78 Å². The van der Waals surface area contributed by atoms with Crippen molar-refractivity contribution in [3.63, 3.8) is 0 Å². The van der Waals surface area contributed by atoms with Crippen molar-refractivity contribution in [2.75, 3.05) is 6.61 Å². The molecule has 0 saturated carbocycles. The molecule has 38 heavy (non-hydrogen) atoms. The number of amides is 1. The summed E-state index contributed by atoms with van der Waals surface area (Å²) in [6.45, 7) is 0.237. The van der Waals surface area contributed by atoms with E-state index < -0.39 is 11.7 Å². The van der Waals surface area contributed by atoms with E-state index in [9.17, 15) is 22.8 Å². The molecule has 196 valence electrons. The molecule has 2 atom stereocenters. The summed E-state index contributed by atoms with van der Waals surface area (Å²) >= 11 is 0. The fourth-order valence-corrected chi connectivity index (χ4v) is 6.48. The zero-order valence-corrected chi connectivity index (χ0v) is 20.7. The number of Topliss-reactive ketones (excluding diaryl/α,β-unsaturated/α-hetero) is 1. The number of ketones is 1. The topological polar surface area (TPSA) is 59.5 Å². The summed E-state index contributed by atoms with van der Waals surface area (Å²) in [5.41, 5.74) is 3.78. The third-order valence-electron chi connectivity index (χ3n) is 8.24. The van der Waals surface area contributed by atoms with Crippen molar-refractivity contribution in [3.05, 3.63) is 89.2 Å². The minimum absolute atomic E-state index is 0.0314. The number of piperidine rings is 2. The van der Waals surface area contributed by atoms with Crippen molar-refractivity contribution in [3.8, 4) is 11.1 Å². The van der Waals surface area contributed by atoms with E-state index in [1.165, 1.54) is 0 Å². The monoisotopic (exact) mass is 520 g/mol. The highest BCUT2D eigenvalue weighted by atomic mass is 19.4. The highest BCUT2D eigenvalue weighted by Gasteiger charge is 2.44. The largest absolute Gasteiger partial charge is 0.448 e. The first-order chi connectivity index (χ1) is 18.3. The summed E-state index contributed by atoms with van der Waals surface area (Å²) in [7, 11) is 0. The molecule has 1 amide bonds. The molecule has 0 radical (unpaired) electrons. The average molecular weight is 521 g/mol. The Kier molecular flexibility index (Phi) is 6.20. The van der Waals surface area contributed by atoms with E-state index in [1.807, 2.05) is 24.3 Å². The van der Waals surface area contributed by atoms with Gasteiger partial charge in [-0.2, -0.15) is 13.2 Å². The van der Waals surface area contributed by atoms with Crippen LogP contribution in [0.5, 0.6) is 0 Å². The summed E-state index contributed by atoms with van der Waals surface area (Å²) in [6, 6.07) is 18.1. The van der Waals surface area contributed by atoms with Gasteiger partial charge in [0.2, 0.25) is 0 Å². The number of pyridine rings is 1. The molecule has 8 heteroatoms. The number of aromatic nitrogens is 1. The molecule has 2 saturated heterocycles. The van der Waals surface area contributed by atoms with Gasteiger partial charge in [0.05, 0.1) is 5.56 Å². The minimum atomic E-state index is -4.50. The first-order valence-electron chi connectivity index (χ1n) is 13.0. The highest BCUT2D eigenvalue weighted by Crippen LogP contribution is 2.45. The van der Waals surface area contributed by atoms with Crippen LogP contribution in [0.25, 0.3) is 11.1 Å². The molecule has 6 rings (SSSR count). The smallest absolute Gasteiger partial charge is 0.417 e. The second kappa shape index (κ2) is 9.57. The maximum absolute atomic E-state index is 13.4. The molecule has 0 N–H and O–H groups in total. The van der Waals surface area contributed by atoms with Crippen molar-refractivity contribution < 1.29 is 27.5 Å². The van der Waals surface area contributed by atoms with Crippen LogP contribution in [0, 0.1) is 5.92 Å². The molecule has 3 aliphatic rings. The number of hydrogen-bond acceptors (Lipinski definition) is 4. The van der Waals surface area contributed by atoms with Gasteiger partial charge in [-0.25, -0.2) is 4.79 Å². The van der Waals surface area contributed by atoms with Gasteiger partial charge in [0.15, 0.2) is 5.78 Å². The van der Waals surface area contributed by atoms with Gasteiger partial charge in [-0.15, -0.1) is 0 Å². The molecular formula is C30H27F3N2O3. The quantitative estimate of drug-likeness (QED) is 0.353. The molecule has 3 aromatic rings. The van der Waals surface area contributed by atoms with Crippen LogP contribution in [-0.2, 0) is 10.9 Å². The molecule has 2 fully saturated rings. The number of benzene rings is 2. The average Bonchev–Trinajstić information content (AvgIpc) is 3.24. The van der Waals surface area contributed by atoms with Crippen LogP contribution in [0.2, 0.25) is 0 Å². The van der Waals surface area contributed by atoms with Crippen LogP contribution in [0.1, 0.15) is 65.2 Å². The third kappa shape index (κ3) is 4.36. The first kappa shape index (κ1) is 24.6. The number of carbonyl (C=O) groups is 2. The van der Waals surface area contributed by atoms with Crippen molar-refractivity contribution in [2.24, 2.45) is 5.92 Å². The second-order valence-corrected chi connectivity index (χ2v) is 10.4. The lowest BCUT2D eigenvalue weighted by molar-refractivity contribution is -0.137. The Morgan fingerprint density at radius 2 is 1.50 bits per heavy atom. The molecule has 2 unspecified atom stereocenters. The maximum Gasteiger partial charge on any atom is 0.417 e. The number of rotatable bonds is 4. The van der Waals surface area contributed by atoms with Crippen LogP contribution in [0.3, 0.4) is 0 Å². The second-order valence-electron chi connectivity index (χ2n) is 10.4. The zero-order chi connectivity index (χ0) is 26.4. The fourth-order valence-electron chi connectivity index (χ4n) is 6.48. The predicted octanol–water partition coefficient (Wildman–Crippen LogP) is 6.87. The summed E-state index contributed by atoms with van der Waals surface area (Å²) in [5, 5.41) is 0. The number of ether oxygens (including phenoxy) is 1. The first-order valence-corrected chi connectivity index (χ1v) is 13.0. The molecule has 2 aliphatic heterocycles. The Bertz CT molecular complexity index is 1310. The Balaban J connectivity index is 1.14. The minimum Gasteiger partial charge on any atom is -0.448 e. The van der Waals surface area contributed by atoms with Crippen molar-refractivity contribution >= 4 is 11.9 Å². The van der Waals surface area contributed by atoms with Gasteiger partial charge in [-0.05, 0) is 66.5 Å². The van der Waals surface area contributed by atoms with Crippen molar-refractivity contribution in [2.45, 2.75) is 56.3 Å². The zero-order valence-electron chi connectivity index (χ0n) is 20.7. The summed E-state index contributed by atoms with van der Waals surface area (Å²) in [4.78, 5) is 32.1. The molecule has 0 spiro atoms. The van der Waals surface area contributed by atoms with E-state index in [-0.39, 0.29) is 48.1 Å². The van der Waals surface area contributed by atoms with E-state index in [1.54, 1.807) is 4.90 Å². The van der Waals surface area contributed by atoms with E-state index in [2.05, 4.69) is 29.2 Å². The van der Waals surface area contributed by atoms with Gasteiger partial charge in [0.25, 0.3) is 0 Å².